The second-order valence-electron chi connectivity index (χ2n) is 5.60. The van der Waals surface area contributed by atoms with Gasteiger partial charge in [0.05, 0.1) is 0 Å². The van der Waals surface area contributed by atoms with Crippen molar-refractivity contribution < 1.29 is 0 Å². The van der Waals surface area contributed by atoms with Crippen LogP contribution in [0.1, 0.15) is 44.1 Å². The summed E-state index contributed by atoms with van der Waals surface area (Å²) in [6.45, 7) is 4.29. The quantitative estimate of drug-likeness (QED) is 0.838. The maximum absolute atomic E-state index is 5.99. The fourth-order valence-corrected chi connectivity index (χ4v) is 3.08. The molecule has 0 amide bonds. The zero-order valence-corrected chi connectivity index (χ0v) is 11.4. The minimum atomic E-state index is 0.600. The van der Waals surface area contributed by atoms with E-state index < -0.39 is 0 Å². The predicted molar refractivity (Wildman–Crippen MR) is 77.7 cm³/mol. The van der Waals surface area contributed by atoms with Gasteiger partial charge in [0.15, 0.2) is 0 Å². The van der Waals surface area contributed by atoms with Gasteiger partial charge in [-0.1, -0.05) is 43.7 Å². The zero-order valence-electron chi connectivity index (χ0n) is 11.4. The van der Waals surface area contributed by atoms with Gasteiger partial charge in [0, 0.05) is 6.04 Å². The van der Waals surface area contributed by atoms with Crippen molar-refractivity contribution in [1.29, 1.82) is 0 Å². The van der Waals surface area contributed by atoms with Crippen molar-refractivity contribution in [3.8, 4) is 0 Å². The van der Waals surface area contributed by atoms with Crippen LogP contribution in [0, 0.1) is 5.92 Å². The first-order valence-corrected chi connectivity index (χ1v) is 7.29. The molecular formula is C16H26N2. The summed E-state index contributed by atoms with van der Waals surface area (Å²) in [5.41, 5.74) is 7.43. The molecule has 3 atom stereocenters. The van der Waals surface area contributed by atoms with Crippen LogP contribution in [-0.4, -0.2) is 19.1 Å². The lowest BCUT2D eigenvalue weighted by atomic mass is 9.83. The number of benzene rings is 1. The highest BCUT2D eigenvalue weighted by Gasteiger charge is 2.24. The summed E-state index contributed by atoms with van der Waals surface area (Å²) in [6.07, 6.45) is 5.16. The molecule has 1 aromatic carbocycles. The fraction of sp³-hybridized carbons (Fsp3) is 0.625. The Hall–Kier alpha value is -0.860. The van der Waals surface area contributed by atoms with E-state index in [1.54, 1.807) is 0 Å². The first kappa shape index (κ1) is 13.6. The molecule has 1 saturated heterocycles. The molecule has 1 aromatic rings. The summed E-state index contributed by atoms with van der Waals surface area (Å²) in [5.74, 6) is 1.21. The predicted octanol–water partition coefficient (Wildman–Crippen LogP) is 2.90. The van der Waals surface area contributed by atoms with E-state index in [4.69, 9.17) is 5.73 Å². The lowest BCUT2D eigenvalue weighted by Crippen LogP contribution is -2.43. The molecule has 1 aliphatic rings. The highest BCUT2D eigenvalue weighted by Crippen LogP contribution is 2.27. The molecule has 1 heterocycles. The Labute approximate surface area is 111 Å². The molecule has 2 heteroatoms. The van der Waals surface area contributed by atoms with Gasteiger partial charge in [-0.2, -0.15) is 0 Å². The fourth-order valence-electron chi connectivity index (χ4n) is 3.08. The Bertz CT molecular complexity index is 330. The van der Waals surface area contributed by atoms with E-state index in [2.05, 4.69) is 42.6 Å². The van der Waals surface area contributed by atoms with E-state index in [-0.39, 0.29) is 0 Å². The second-order valence-corrected chi connectivity index (χ2v) is 5.60. The third-order valence-corrected chi connectivity index (χ3v) is 4.25. The van der Waals surface area contributed by atoms with E-state index in [0.717, 1.165) is 6.54 Å². The maximum atomic E-state index is 5.99. The minimum Gasteiger partial charge on any atom is -0.330 e. The lowest BCUT2D eigenvalue weighted by molar-refractivity contribution is 0.276. The molecule has 1 aliphatic heterocycles. The van der Waals surface area contributed by atoms with Crippen LogP contribution in [0.4, 0.5) is 0 Å². The molecule has 0 aromatic heterocycles. The highest BCUT2D eigenvalue weighted by molar-refractivity contribution is 5.18. The Morgan fingerprint density at radius 2 is 2.06 bits per heavy atom. The molecule has 0 spiro atoms. The molecule has 2 rings (SSSR count). The Morgan fingerprint density at radius 1 is 1.28 bits per heavy atom. The van der Waals surface area contributed by atoms with Crippen LogP contribution < -0.4 is 11.1 Å². The van der Waals surface area contributed by atoms with Crippen molar-refractivity contribution in [1.82, 2.24) is 5.32 Å². The molecule has 100 valence electrons. The van der Waals surface area contributed by atoms with E-state index in [1.165, 1.54) is 37.8 Å². The van der Waals surface area contributed by atoms with E-state index in [0.29, 0.717) is 17.9 Å². The highest BCUT2D eigenvalue weighted by atomic mass is 14.9. The number of nitrogens with one attached hydrogen (secondary N) is 1. The van der Waals surface area contributed by atoms with Gasteiger partial charge in [0.25, 0.3) is 0 Å². The van der Waals surface area contributed by atoms with Gasteiger partial charge in [-0.25, -0.2) is 0 Å². The maximum Gasteiger partial charge on any atom is 0.0108 e. The van der Waals surface area contributed by atoms with Gasteiger partial charge >= 0.3 is 0 Å². The molecule has 0 bridgehead atoms. The number of nitrogens with two attached hydrogens (primary N) is 1. The summed E-state index contributed by atoms with van der Waals surface area (Å²) in [6, 6.07) is 11.4. The van der Waals surface area contributed by atoms with Crippen LogP contribution in [-0.2, 0) is 0 Å². The van der Waals surface area contributed by atoms with Gasteiger partial charge in [-0.3, -0.25) is 0 Å². The monoisotopic (exact) mass is 246 g/mol. The molecular weight excluding hydrogens is 220 g/mol. The van der Waals surface area contributed by atoms with Gasteiger partial charge in [-0.05, 0) is 49.8 Å². The SMILES string of the molecule is C[C@H](C[C@H](CN)[C@@H]1CCCCN1)c1ccccc1. The van der Waals surface area contributed by atoms with Crippen LogP contribution in [0.5, 0.6) is 0 Å². The Kier molecular flexibility index (Phi) is 5.21. The summed E-state index contributed by atoms with van der Waals surface area (Å²) >= 11 is 0. The largest absolute Gasteiger partial charge is 0.330 e. The topological polar surface area (TPSA) is 38.0 Å². The van der Waals surface area contributed by atoms with E-state index >= 15 is 0 Å². The number of hydrogen-bond donors (Lipinski definition) is 2. The average molecular weight is 246 g/mol. The lowest BCUT2D eigenvalue weighted by Gasteiger charge is -2.32. The molecule has 2 nitrogen and oxygen atoms in total. The smallest absolute Gasteiger partial charge is 0.0108 e. The second kappa shape index (κ2) is 6.91. The van der Waals surface area contributed by atoms with Crippen molar-refractivity contribution >= 4 is 0 Å². The third kappa shape index (κ3) is 3.56. The van der Waals surface area contributed by atoms with Crippen LogP contribution in [0.3, 0.4) is 0 Å². The Balaban J connectivity index is 1.93. The molecule has 0 saturated carbocycles. The summed E-state index contributed by atoms with van der Waals surface area (Å²) in [7, 11) is 0. The van der Waals surface area contributed by atoms with Gasteiger partial charge in [0.2, 0.25) is 0 Å². The summed E-state index contributed by atoms with van der Waals surface area (Å²) in [4.78, 5) is 0. The standard InChI is InChI=1S/C16H26N2/c1-13(14-7-3-2-4-8-14)11-15(12-17)16-9-5-6-10-18-16/h2-4,7-8,13,15-16,18H,5-6,9-12,17H2,1H3/t13-,15-,16+/m1/s1. The van der Waals surface area contributed by atoms with Gasteiger partial charge in [-0.15, -0.1) is 0 Å². The summed E-state index contributed by atoms with van der Waals surface area (Å²) < 4.78 is 0. The van der Waals surface area contributed by atoms with Crippen LogP contribution in [0.2, 0.25) is 0 Å². The molecule has 3 N–H and O–H groups in total. The minimum absolute atomic E-state index is 0.600. The zero-order chi connectivity index (χ0) is 12.8. The molecule has 0 unspecified atom stereocenters. The normalized spacial score (nSPS) is 23.6. The van der Waals surface area contributed by atoms with Crippen molar-refractivity contribution in [2.75, 3.05) is 13.1 Å². The van der Waals surface area contributed by atoms with E-state index in [9.17, 15) is 0 Å². The first-order valence-electron chi connectivity index (χ1n) is 7.29. The average Bonchev–Trinajstić information content (AvgIpc) is 2.46. The number of hydrogen-bond acceptors (Lipinski definition) is 2. The molecule has 1 fully saturated rings. The van der Waals surface area contributed by atoms with Gasteiger partial charge < -0.3 is 11.1 Å². The number of rotatable bonds is 5. The number of piperidine rings is 1. The molecule has 0 radical (unpaired) electrons. The van der Waals surface area contributed by atoms with Crippen LogP contribution in [0.25, 0.3) is 0 Å². The van der Waals surface area contributed by atoms with Gasteiger partial charge in [0.1, 0.15) is 0 Å². The van der Waals surface area contributed by atoms with Crippen molar-refractivity contribution in [3.63, 3.8) is 0 Å². The van der Waals surface area contributed by atoms with Crippen molar-refractivity contribution in [2.45, 2.75) is 44.6 Å². The Morgan fingerprint density at radius 3 is 2.67 bits per heavy atom. The van der Waals surface area contributed by atoms with Crippen LogP contribution >= 0.6 is 0 Å². The third-order valence-electron chi connectivity index (χ3n) is 4.25. The molecule has 0 aliphatic carbocycles. The van der Waals surface area contributed by atoms with Crippen molar-refractivity contribution in [2.24, 2.45) is 11.7 Å². The summed E-state index contributed by atoms with van der Waals surface area (Å²) in [5, 5.41) is 3.65. The van der Waals surface area contributed by atoms with Crippen LogP contribution in [0.15, 0.2) is 30.3 Å². The van der Waals surface area contributed by atoms with E-state index in [1.807, 2.05) is 0 Å². The molecule has 18 heavy (non-hydrogen) atoms. The van der Waals surface area contributed by atoms with Crippen molar-refractivity contribution in [3.05, 3.63) is 35.9 Å². The first-order chi connectivity index (χ1) is 8.81.